The minimum atomic E-state index is 0.424. The molecule has 22 heavy (non-hydrogen) atoms. The Morgan fingerprint density at radius 2 is 2.14 bits per heavy atom. The number of aryl methyl sites for hydroxylation is 1. The van der Waals surface area contributed by atoms with Crippen molar-refractivity contribution in [2.24, 2.45) is 0 Å². The lowest BCUT2D eigenvalue weighted by Gasteiger charge is -2.39. The van der Waals surface area contributed by atoms with E-state index in [4.69, 9.17) is 4.74 Å². The number of nitrogens with zero attached hydrogens (tertiary/aromatic N) is 4. The summed E-state index contributed by atoms with van der Waals surface area (Å²) >= 11 is 0. The normalized spacial score (nSPS) is 26.4. The molecule has 0 saturated carbocycles. The Labute approximate surface area is 133 Å². The lowest BCUT2D eigenvalue weighted by molar-refractivity contribution is -0.00908. The van der Waals surface area contributed by atoms with Crippen LogP contribution >= 0.6 is 0 Å². The summed E-state index contributed by atoms with van der Waals surface area (Å²) in [6, 6.07) is 4.72. The van der Waals surface area contributed by atoms with Gasteiger partial charge in [-0.1, -0.05) is 0 Å². The van der Waals surface area contributed by atoms with E-state index in [0.717, 1.165) is 37.8 Å². The van der Waals surface area contributed by atoms with Gasteiger partial charge in [-0.25, -0.2) is 0 Å². The molecular weight excluding hydrogens is 276 g/mol. The van der Waals surface area contributed by atoms with Crippen molar-refractivity contribution in [2.45, 2.75) is 51.2 Å². The van der Waals surface area contributed by atoms with E-state index in [1.165, 1.54) is 32.1 Å². The van der Waals surface area contributed by atoms with Crippen molar-refractivity contribution < 1.29 is 4.74 Å². The summed E-state index contributed by atoms with van der Waals surface area (Å²) in [5.41, 5.74) is 0.976. The maximum atomic E-state index is 5.89. The number of rotatable bonds is 4. The summed E-state index contributed by atoms with van der Waals surface area (Å²) in [7, 11) is 2.24. The summed E-state index contributed by atoms with van der Waals surface area (Å²) < 4.78 is 5.89. The molecule has 1 aromatic rings. The lowest BCUT2D eigenvalue weighted by atomic mass is 10.0. The Morgan fingerprint density at radius 3 is 2.86 bits per heavy atom. The van der Waals surface area contributed by atoms with Crippen molar-refractivity contribution in [1.29, 1.82) is 0 Å². The highest BCUT2D eigenvalue weighted by atomic mass is 16.5. The highest BCUT2D eigenvalue weighted by Crippen LogP contribution is 2.21. The predicted octanol–water partition coefficient (Wildman–Crippen LogP) is 2.25. The standard InChI is InChI=1S/C17H28N4O/c1-14-8-9-17(19-18-14)21-10-5-6-15(12-21)20(2)13-16-7-3-4-11-22-16/h8-9,15-16H,3-7,10-13H2,1-2H3/t15-,16-/m0/s1. The van der Waals surface area contributed by atoms with Crippen LogP contribution in [-0.4, -0.2) is 60.5 Å². The molecule has 0 aromatic carbocycles. The zero-order valence-electron chi connectivity index (χ0n) is 13.9. The Balaban J connectivity index is 1.56. The van der Waals surface area contributed by atoms with Crippen molar-refractivity contribution in [1.82, 2.24) is 15.1 Å². The molecule has 5 nitrogen and oxygen atoms in total. The summed E-state index contributed by atoms with van der Waals surface area (Å²) in [6.07, 6.45) is 6.66. The molecule has 0 aliphatic carbocycles. The molecule has 5 heteroatoms. The summed E-state index contributed by atoms with van der Waals surface area (Å²) in [4.78, 5) is 4.86. The molecule has 0 unspecified atom stereocenters. The van der Waals surface area contributed by atoms with Crippen molar-refractivity contribution in [3.63, 3.8) is 0 Å². The van der Waals surface area contributed by atoms with E-state index in [1.807, 2.05) is 13.0 Å². The second-order valence-electron chi connectivity index (χ2n) is 6.70. The first-order valence-electron chi connectivity index (χ1n) is 8.59. The summed E-state index contributed by atoms with van der Waals surface area (Å²) in [5.74, 6) is 1.01. The van der Waals surface area contributed by atoms with Crippen LogP contribution in [0.15, 0.2) is 12.1 Å². The fourth-order valence-electron chi connectivity index (χ4n) is 3.50. The number of hydrogen-bond donors (Lipinski definition) is 0. The zero-order valence-corrected chi connectivity index (χ0v) is 13.9. The third-order valence-corrected chi connectivity index (χ3v) is 4.89. The quantitative estimate of drug-likeness (QED) is 0.853. The number of piperidine rings is 1. The third-order valence-electron chi connectivity index (χ3n) is 4.89. The van der Waals surface area contributed by atoms with Crippen LogP contribution < -0.4 is 4.90 Å². The molecular formula is C17H28N4O. The monoisotopic (exact) mass is 304 g/mol. The van der Waals surface area contributed by atoms with E-state index in [9.17, 15) is 0 Å². The lowest BCUT2D eigenvalue weighted by Crippen LogP contribution is -2.49. The predicted molar refractivity (Wildman–Crippen MR) is 88.2 cm³/mol. The molecule has 122 valence electrons. The molecule has 0 spiro atoms. The van der Waals surface area contributed by atoms with Gasteiger partial charge >= 0.3 is 0 Å². The van der Waals surface area contributed by atoms with Gasteiger partial charge in [0, 0.05) is 32.3 Å². The molecule has 3 heterocycles. The average molecular weight is 304 g/mol. The third kappa shape index (κ3) is 3.96. The second kappa shape index (κ2) is 7.38. The topological polar surface area (TPSA) is 41.5 Å². The van der Waals surface area contributed by atoms with Crippen LogP contribution in [0.5, 0.6) is 0 Å². The van der Waals surface area contributed by atoms with Gasteiger partial charge in [-0.2, -0.15) is 5.10 Å². The van der Waals surface area contributed by atoms with Gasteiger partial charge in [-0.15, -0.1) is 5.10 Å². The van der Waals surface area contributed by atoms with Crippen LogP contribution in [0, 0.1) is 6.92 Å². The maximum Gasteiger partial charge on any atom is 0.151 e. The highest BCUT2D eigenvalue weighted by Gasteiger charge is 2.26. The fourth-order valence-corrected chi connectivity index (χ4v) is 3.50. The number of anilines is 1. The number of ether oxygens (including phenoxy) is 1. The van der Waals surface area contributed by atoms with Gasteiger partial charge in [-0.05, 0) is 58.2 Å². The number of hydrogen-bond acceptors (Lipinski definition) is 5. The van der Waals surface area contributed by atoms with Gasteiger partial charge in [0.1, 0.15) is 0 Å². The first-order valence-corrected chi connectivity index (χ1v) is 8.59. The van der Waals surface area contributed by atoms with Crippen LogP contribution in [0.2, 0.25) is 0 Å². The van der Waals surface area contributed by atoms with Gasteiger partial charge in [0.15, 0.2) is 5.82 Å². The Bertz CT molecular complexity index is 458. The van der Waals surface area contributed by atoms with Crippen LogP contribution in [0.4, 0.5) is 5.82 Å². The molecule has 0 bridgehead atoms. The molecule has 0 N–H and O–H groups in total. The van der Waals surface area contributed by atoms with E-state index in [-0.39, 0.29) is 0 Å². The molecule has 2 saturated heterocycles. The van der Waals surface area contributed by atoms with E-state index in [0.29, 0.717) is 12.1 Å². The van der Waals surface area contributed by atoms with Crippen molar-refractivity contribution in [3.8, 4) is 0 Å². The molecule has 2 aliphatic rings. The Kier molecular flexibility index (Phi) is 5.26. The molecule has 1 aromatic heterocycles. The maximum absolute atomic E-state index is 5.89. The van der Waals surface area contributed by atoms with Gasteiger partial charge in [0.05, 0.1) is 11.8 Å². The first-order chi connectivity index (χ1) is 10.7. The molecule has 2 fully saturated rings. The van der Waals surface area contributed by atoms with Crippen molar-refractivity contribution in [2.75, 3.05) is 38.2 Å². The van der Waals surface area contributed by atoms with E-state index >= 15 is 0 Å². The minimum absolute atomic E-state index is 0.424. The van der Waals surface area contributed by atoms with Gasteiger partial charge in [0.2, 0.25) is 0 Å². The molecule has 0 radical (unpaired) electrons. The summed E-state index contributed by atoms with van der Waals surface area (Å²) in [6.45, 7) is 6.10. The van der Waals surface area contributed by atoms with E-state index in [2.05, 4.69) is 33.1 Å². The van der Waals surface area contributed by atoms with Gasteiger partial charge in [-0.3, -0.25) is 4.90 Å². The minimum Gasteiger partial charge on any atom is -0.377 e. The number of likely N-dealkylation sites (N-methyl/N-ethyl adjacent to an activating group) is 1. The van der Waals surface area contributed by atoms with Crippen LogP contribution in [0.1, 0.15) is 37.8 Å². The molecule has 2 atom stereocenters. The van der Waals surface area contributed by atoms with E-state index in [1.54, 1.807) is 0 Å². The Morgan fingerprint density at radius 1 is 1.23 bits per heavy atom. The van der Waals surface area contributed by atoms with Crippen LogP contribution in [0.3, 0.4) is 0 Å². The van der Waals surface area contributed by atoms with Gasteiger partial charge < -0.3 is 9.64 Å². The van der Waals surface area contributed by atoms with Gasteiger partial charge in [0.25, 0.3) is 0 Å². The largest absolute Gasteiger partial charge is 0.377 e. The SMILES string of the molecule is Cc1ccc(N2CCC[C@H](N(C)C[C@@H]3CCCCO3)C2)nn1. The first kappa shape index (κ1) is 15.7. The smallest absolute Gasteiger partial charge is 0.151 e. The average Bonchev–Trinajstić information content (AvgIpc) is 2.56. The van der Waals surface area contributed by atoms with Crippen LogP contribution in [0.25, 0.3) is 0 Å². The molecule has 2 aliphatic heterocycles. The second-order valence-corrected chi connectivity index (χ2v) is 6.70. The fraction of sp³-hybridized carbons (Fsp3) is 0.765. The zero-order chi connectivity index (χ0) is 15.4. The summed E-state index contributed by atoms with van der Waals surface area (Å²) in [5, 5.41) is 8.54. The highest BCUT2D eigenvalue weighted by molar-refractivity contribution is 5.38. The molecule has 3 rings (SSSR count). The van der Waals surface area contributed by atoms with E-state index < -0.39 is 0 Å². The number of aromatic nitrogens is 2. The van der Waals surface area contributed by atoms with Crippen molar-refractivity contribution >= 4 is 5.82 Å². The van der Waals surface area contributed by atoms with Crippen molar-refractivity contribution in [3.05, 3.63) is 17.8 Å². The van der Waals surface area contributed by atoms with Crippen LogP contribution in [-0.2, 0) is 4.74 Å². The Hall–Kier alpha value is -1.20. The molecule has 0 amide bonds.